The van der Waals surface area contributed by atoms with Crippen LogP contribution in [0.1, 0.15) is 29.9 Å². The largest absolute Gasteiger partial charge is 0.469 e. The molecule has 0 saturated carbocycles. The predicted molar refractivity (Wildman–Crippen MR) is 70.0 cm³/mol. The summed E-state index contributed by atoms with van der Waals surface area (Å²) in [5, 5.41) is 3.36. The highest BCUT2D eigenvalue weighted by Crippen LogP contribution is 2.21. The Morgan fingerprint density at radius 3 is 2.78 bits per heavy atom. The number of furan rings is 1. The molecular formula is C15H18FNO. The molecule has 1 N–H and O–H groups in total. The van der Waals surface area contributed by atoms with Crippen LogP contribution in [0.2, 0.25) is 0 Å². The van der Waals surface area contributed by atoms with Crippen molar-refractivity contribution in [3.63, 3.8) is 0 Å². The summed E-state index contributed by atoms with van der Waals surface area (Å²) < 4.78 is 19.0. The summed E-state index contributed by atoms with van der Waals surface area (Å²) >= 11 is 0. The summed E-state index contributed by atoms with van der Waals surface area (Å²) in [4.78, 5) is 0. The van der Waals surface area contributed by atoms with Crippen molar-refractivity contribution in [2.24, 2.45) is 0 Å². The van der Waals surface area contributed by atoms with Crippen LogP contribution in [0.15, 0.2) is 41.0 Å². The van der Waals surface area contributed by atoms with Gasteiger partial charge in [-0.15, -0.1) is 0 Å². The average molecular weight is 247 g/mol. The SMILES string of the molecule is CCNC(Cc1ccco1)c1ccc(C)c(F)c1. The lowest BCUT2D eigenvalue weighted by molar-refractivity contribution is 0.453. The zero-order valence-corrected chi connectivity index (χ0v) is 10.7. The number of halogens is 1. The molecule has 1 unspecified atom stereocenters. The minimum absolute atomic E-state index is 0.0799. The Morgan fingerprint density at radius 1 is 1.33 bits per heavy atom. The molecule has 96 valence electrons. The smallest absolute Gasteiger partial charge is 0.126 e. The van der Waals surface area contributed by atoms with Crippen molar-refractivity contribution in [1.82, 2.24) is 5.32 Å². The Bertz CT molecular complexity index is 493. The minimum Gasteiger partial charge on any atom is -0.469 e. The van der Waals surface area contributed by atoms with E-state index in [-0.39, 0.29) is 11.9 Å². The molecule has 0 saturated heterocycles. The maximum Gasteiger partial charge on any atom is 0.126 e. The minimum atomic E-state index is -0.158. The molecule has 2 rings (SSSR count). The first-order valence-electron chi connectivity index (χ1n) is 6.22. The molecular weight excluding hydrogens is 229 g/mol. The Hall–Kier alpha value is -1.61. The molecule has 0 aliphatic heterocycles. The summed E-state index contributed by atoms with van der Waals surface area (Å²) in [6.07, 6.45) is 2.39. The Morgan fingerprint density at radius 2 is 2.17 bits per heavy atom. The van der Waals surface area contributed by atoms with E-state index in [4.69, 9.17) is 4.42 Å². The zero-order valence-electron chi connectivity index (χ0n) is 10.7. The maximum atomic E-state index is 13.6. The summed E-state index contributed by atoms with van der Waals surface area (Å²) in [5.41, 5.74) is 1.63. The Kier molecular flexibility index (Phi) is 4.15. The fraction of sp³-hybridized carbons (Fsp3) is 0.333. The molecule has 1 heterocycles. The lowest BCUT2D eigenvalue weighted by atomic mass is 10.0. The number of nitrogens with one attached hydrogen (secondary N) is 1. The lowest BCUT2D eigenvalue weighted by Crippen LogP contribution is -2.23. The summed E-state index contributed by atoms with van der Waals surface area (Å²) in [6, 6.07) is 9.27. The number of hydrogen-bond donors (Lipinski definition) is 1. The van der Waals surface area contributed by atoms with Gasteiger partial charge in [0.05, 0.1) is 6.26 Å². The molecule has 2 aromatic rings. The Balaban J connectivity index is 2.20. The fourth-order valence-corrected chi connectivity index (χ4v) is 2.01. The molecule has 1 aromatic heterocycles. The van der Waals surface area contributed by atoms with Crippen molar-refractivity contribution in [1.29, 1.82) is 0 Å². The fourth-order valence-electron chi connectivity index (χ4n) is 2.01. The third kappa shape index (κ3) is 2.99. The Labute approximate surface area is 107 Å². The van der Waals surface area contributed by atoms with E-state index in [0.29, 0.717) is 5.56 Å². The number of likely N-dealkylation sites (N-methyl/N-ethyl adjacent to an activating group) is 1. The van der Waals surface area contributed by atoms with Gasteiger partial charge in [0.15, 0.2) is 0 Å². The van der Waals surface area contributed by atoms with E-state index < -0.39 is 0 Å². The summed E-state index contributed by atoms with van der Waals surface area (Å²) in [7, 11) is 0. The second-order valence-corrected chi connectivity index (χ2v) is 4.40. The molecule has 18 heavy (non-hydrogen) atoms. The van der Waals surface area contributed by atoms with Gasteiger partial charge in [-0.1, -0.05) is 19.1 Å². The van der Waals surface area contributed by atoms with E-state index in [1.165, 1.54) is 0 Å². The van der Waals surface area contributed by atoms with Gasteiger partial charge in [-0.3, -0.25) is 0 Å². The van der Waals surface area contributed by atoms with E-state index >= 15 is 0 Å². The number of benzene rings is 1. The lowest BCUT2D eigenvalue weighted by Gasteiger charge is -2.17. The molecule has 0 aliphatic rings. The van der Waals surface area contributed by atoms with Gasteiger partial charge in [0.1, 0.15) is 11.6 Å². The topological polar surface area (TPSA) is 25.2 Å². The van der Waals surface area contributed by atoms with E-state index in [1.807, 2.05) is 31.2 Å². The first-order chi connectivity index (χ1) is 8.70. The van der Waals surface area contributed by atoms with Gasteiger partial charge in [0.25, 0.3) is 0 Å². The van der Waals surface area contributed by atoms with Gasteiger partial charge >= 0.3 is 0 Å². The second-order valence-electron chi connectivity index (χ2n) is 4.40. The van der Waals surface area contributed by atoms with E-state index in [2.05, 4.69) is 5.32 Å². The van der Waals surface area contributed by atoms with Crippen LogP contribution in [0.25, 0.3) is 0 Å². The highest BCUT2D eigenvalue weighted by atomic mass is 19.1. The number of hydrogen-bond acceptors (Lipinski definition) is 2. The van der Waals surface area contributed by atoms with Crippen LogP contribution >= 0.6 is 0 Å². The van der Waals surface area contributed by atoms with Crippen LogP contribution in [0.4, 0.5) is 4.39 Å². The van der Waals surface area contributed by atoms with Gasteiger partial charge in [-0.25, -0.2) is 4.39 Å². The van der Waals surface area contributed by atoms with Crippen LogP contribution < -0.4 is 5.32 Å². The second kappa shape index (κ2) is 5.83. The third-order valence-electron chi connectivity index (χ3n) is 3.03. The van der Waals surface area contributed by atoms with Crippen LogP contribution in [0.5, 0.6) is 0 Å². The molecule has 3 heteroatoms. The predicted octanol–water partition coefficient (Wildman–Crippen LogP) is 3.62. The van der Waals surface area contributed by atoms with Crippen molar-refractivity contribution >= 4 is 0 Å². The van der Waals surface area contributed by atoms with Crippen molar-refractivity contribution in [2.45, 2.75) is 26.3 Å². The maximum absolute atomic E-state index is 13.6. The summed E-state index contributed by atoms with van der Waals surface area (Å²) in [5.74, 6) is 0.747. The molecule has 0 spiro atoms. The van der Waals surface area contributed by atoms with Crippen molar-refractivity contribution in [3.05, 3.63) is 59.3 Å². The third-order valence-corrected chi connectivity index (χ3v) is 3.03. The first kappa shape index (κ1) is 12.8. The van der Waals surface area contributed by atoms with E-state index in [9.17, 15) is 4.39 Å². The van der Waals surface area contributed by atoms with E-state index in [0.717, 1.165) is 24.3 Å². The quantitative estimate of drug-likeness (QED) is 0.873. The number of rotatable bonds is 5. The van der Waals surface area contributed by atoms with Gasteiger partial charge in [-0.05, 0) is 42.8 Å². The van der Waals surface area contributed by atoms with Gasteiger partial charge in [-0.2, -0.15) is 0 Å². The highest BCUT2D eigenvalue weighted by molar-refractivity contribution is 5.26. The standard InChI is InChI=1S/C15H18FNO/c1-3-17-15(10-13-5-4-8-18-13)12-7-6-11(2)14(16)9-12/h4-9,15,17H,3,10H2,1-2H3. The molecule has 2 nitrogen and oxygen atoms in total. The summed E-state index contributed by atoms with van der Waals surface area (Å²) in [6.45, 7) is 4.65. The van der Waals surface area contributed by atoms with Gasteiger partial charge < -0.3 is 9.73 Å². The molecule has 0 bridgehead atoms. The normalized spacial score (nSPS) is 12.6. The van der Waals surface area contributed by atoms with Crippen molar-refractivity contribution in [3.8, 4) is 0 Å². The van der Waals surface area contributed by atoms with Crippen LogP contribution in [0.3, 0.4) is 0 Å². The van der Waals surface area contributed by atoms with Crippen LogP contribution in [-0.2, 0) is 6.42 Å². The van der Waals surface area contributed by atoms with Gasteiger partial charge in [0, 0.05) is 12.5 Å². The molecule has 0 aliphatic carbocycles. The van der Waals surface area contributed by atoms with Crippen LogP contribution in [0, 0.1) is 12.7 Å². The number of aryl methyl sites for hydroxylation is 1. The molecule has 0 fully saturated rings. The molecule has 1 aromatic carbocycles. The molecule has 0 amide bonds. The van der Waals surface area contributed by atoms with Crippen molar-refractivity contribution in [2.75, 3.05) is 6.54 Å². The highest BCUT2D eigenvalue weighted by Gasteiger charge is 2.14. The molecule has 0 radical (unpaired) electrons. The first-order valence-corrected chi connectivity index (χ1v) is 6.22. The van der Waals surface area contributed by atoms with Gasteiger partial charge in [0.2, 0.25) is 0 Å². The van der Waals surface area contributed by atoms with Crippen molar-refractivity contribution < 1.29 is 8.81 Å². The average Bonchev–Trinajstić information content (AvgIpc) is 2.85. The molecule has 1 atom stereocenters. The van der Waals surface area contributed by atoms with E-state index in [1.54, 1.807) is 19.3 Å². The van der Waals surface area contributed by atoms with Crippen LogP contribution in [-0.4, -0.2) is 6.54 Å². The monoisotopic (exact) mass is 247 g/mol. The zero-order chi connectivity index (χ0) is 13.0.